The Morgan fingerprint density at radius 1 is 1.27 bits per heavy atom. The molecule has 3 rings (SSSR count). The molecule has 6 heteroatoms. The quantitative estimate of drug-likeness (QED) is 0.693. The molecule has 0 amide bonds. The Morgan fingerprint density at radius 2 is 2.12 bits per heavy atom. The van der Waals surface area contributed by atoms with Gasteiger partial charge in [-0.25, -0.2) is 4.79 Å². The lowest BCUT2D eigenvalue weighted by Crippen LogP contribution is -2.37. The second-order valence-electron chi connectivity index (χ2n) is 6.53. The van der Waals surface area contributed by atoms with Crippen molar-refractivity contribution >= 4 is 17.6 Å². The second kappa shape index (κ2) is 8.54. The highest BCUT2D eigenvalue weighted by Gasteiger charge is 2.20. The van der Waals surface area contributed by atoms with Gasteiger partial charge in [0.05, 0.1) is 6.10 Å². The Kier molecular flexibility index (Phi) is 6.14. The molecule has 0 fully saturated rings. The van der Waals surface area contributed by atoms with Crippen molar-refractivity contribution in [2.24, 2.45) is 0 Å². The van der Waals surface area contributed by atoms with E-state index in [1.807, 2.05) is 30.3 Å². The van der Waals surface area contributed by atoms with Crippen molar-refractivity contribution in [2.75, 3.05) is 13.2 Å². The first-order valence-electron chi connectivity index (χ1n) is 8.64. The average molecular weight is 376 g/mol. The summed E-state index contributed by atoms with van der Waals surface area (Å²) in [7, 11) is 0. The highest BCUT2D eigenvalue weighted by molar-refractivity contribution is 6.30. The molecular weight excluding hydrogens is 354 g/mol. The predicted octanol–water partition coefficient (Wildman–Crippen LogP) is 2.98. The molecule has 0 aliphatic heterocycles. The Morgan fingerprint density at radius 3 is 2.88 bits per heavy atom. The van der Waals surface area contributed by atoms with Gasteiger partial charge in [-0.05, 0) is 60.2 Å². The first kappa shape index (κ1) is 18.7. The molecule has 0 bridgehead atoms. The van der Waals surface area contributed by atoms with E-state index in [0.29, 0.717) is 17.3 Å². The highest BCUT2D eigenvalue weighted by atomic mass is 35.5. The van der Waals surface area contributed by atoms with Gasteiger partial charge in [-0.15, -0.1) is 0 Å². The number of aryl methyl sites for hydroxylation is 1. The van der Waals surface area contributed by atoms with E-state index >= 15 is 0 Å². The summed E-state index contributed by atoms with van der Waals surface area (Å²) in [6.07, 6.45) is 2.15. The summed E-state index contributed by atoms with van der Waals surface area (Å²) in [5, 5.41) is 23.1. The molecule has 1 unspecified atom stereocenters. The van der Waals surface area contributed by atoms with Gasteiger partial charge in [-0.3, -0.25) is 0 Å². The minimum atomic E-state index is -0.989. The molecule has 138 valence electrons. The monoisotopic (exact) mass is 375 g/mol. The lowest BCUT2D eigenvalue weighted by atomic mass is 9.88. The number of aliphatic hydroxyl groups is 1. The smallest absolute Gasteiger partial charge is 0.341 e. The van der Waals surface area contributed by atoms with Crippen LogP contribution in [-0.4, -0.2) is 35.4 Å². The summed E-state index contributed by atoms with van der Waals surface area (Å²) in [6, 6.07) is 13.2. The summed E-state index contributed by atoms with van der Waals surface area (Å²) in [5.74, 6) is -0.414. The topological polar surface area (TPSA) is 78.8 Å². The van der Waals surface area contributed by atoms with E-state index < -0.39 is 12.1 Å². The molecule has 0 aromatic heterocycles. The minimum Gasteiger partial charge on any atom is -0.482 e. The van der Waals surface area contributed by atoms with Gasteiger partial charge in [0, 0.05) is 17.6 Å². The molecule has 2 aromatic rings. The minimum absolute atomic E-state index is 0.256. The zero-order valence-corrected chi connectivity index (χ0v) is 15.1. The Hall–Kier alpha value is -2.08. The number of hydrogen-bond acceptors (Lipinski definition) is 4. The second-order valence-corrected chi connectivity index (χ2v) is 6.97. The fourth-order valence-corrected chi connectivity index (χ4v) is 3.45. The van der Waals surface area contributed by atoms with E-state index in [4.69, 9.17) is 21.4 Å². The van der Waals surface area contributed by atoms with Gasteiger partial charge in [-0.1, -0.05) is 29.8 Å². The van der Waals surface area contributed by atoms with Crippen LogP contribution in [0.2, 0.25) is 5.02 Å². The molecule has 2 aromatic carbocycles. The number of benzene rings is 2. The number of aliphatic hydroxyl groups excluding tert-OH is 1. The zero-order chi connectivity index (χ0) is 18.5. The Bertz CT molecular complexity index is 780. The summed E-state index contributed by atoms with van der Waals surface area (Å²) in [5.41, 5.74) is 3.22. The van der Waals surface area contributed by atoms with Crippen LogP contribution in [-0.2, 0) is 17.6 Å². The molecule has 0 spiro atoms. The van der Waals surface area contributed by atoms with Crippen molar-refractivity contribution in [1.82, 2.24) is 5.32 Å². The average Bonchev–Trinajstić information content (AvgIpc) is 2.64. The largest absolute Gasteiger partial charge is 0.482 e. The maximum atomic E-state index is 10.6. The number of ether oxygens (including phenoxy) is 1. The van der Waals surface area contributed by atoms with Crippen molar-refractivity contribution < 1.29 is 19.7 Å². The lowest BCUT2D eigenvalue weighted by Gasteiger charge is -2.27. The third kappa shape index (κ3) is 4.97. The number of carboxylic acid groups (broad SMARTS) is 1. The van der Waals surface area contributed by atoms with E-state index in [-0.39, 0.29) is 12.6 Å². The van der Waals surface area contributed by atoms with Crippen molar-refractivity contribution in [3.63, 3.8) is 0 Å². The van der Waals surface area contributed by atoms with Gasteiger partial charge in [-0.2, -0.15) is 0 Å². The first-order chi connectivity index (χ1) is 12.5. The van der Waals surface area contributed by atoms with E-state index in [9.17, 15) is 9.90 Å². The fourth-order valence-electron chi connectivity index (χ4n) is 3.25. The lowest BCUT2D eigenvalue weighted by molar-refractivity contribution is -0.139. The first-order valence-corrected chi connectivity index (χ1v) is 9.02. The maximum absolute atomic E-state index is 10.6. The third-order valence-electron chi connectivity index (χ3n) is 4.60. The van der Waals surface area contributed by atoms with Crippen molar-refractivity contribution in [3.05, 3.63) is 64.2 Å². The molecule has 3 N–H and O–H groups in total. The number of carbonyl (C=O) groups is 1. The van der Waals surface area contributed by atoms with E-state index in [1.54, 1.807) is 12.1 Å². The fraction of sp³-hybridized carbons (Fsp3) is 0.350. The maximum Gasteiger partial charge on any atom is 0.341 e. The van der Waals surface area contributed by atoms with Gasteiger partial charge in [0.15, 0.2) is 6.61 Å². The molecule has 5 nitrogen and oxygen atoms in total. The molecule has 26 heavy (non-hydrogen) atoms. The van der Waals surface area contributed by atoms with Crippen LogP contribution < -0.4 is 10.1 Å². The van der Waals surface area contributed by atoms with Gasteiger partial charge in [0.2, 0.25) is 0 Å². The molecule has 1 aliphatic carbocycles. The SMILES string of the molecule is O=C(O)COc1ccc2c(c1)CC(NC[C@@H](O)c1cccc(Cl)c1)CC2. The van der Waals surface area contributed by atoms with E-state index in [2.05, 4.69) is 5.32 Å². The van der Waals surface area contributed by atoms with Crippen LogP contribution in [0.25, 0.3) is 0 Å². The summed E-state index contributed by atoms with van der Waals surface area (Å²) >= 11 is 5.97. The van der Waals surface area contributed by atoms with Gasteiger partial charge >= 0.3 is 5.97 Å². The number of rotatable bonds is 7. The summed E-state index contributed by atoms with van der Waals surface area (Å²) < 4.78 is 5.26. The van der Waals surface area contributed by atoms with Crippen molar-refractivity contribution in [2.45, 2.75) is 31.4 Å². The normalized spacial score (nSPS) is 17.4. The molecule has 0 radical (unpaired) electrons. The highest BCUT2D eigenvalue weighted by Crippen LogP contribution is 2.26. The predicted molar refractivity (Wildman–Crippen MR) is 99.8 cm³/mol. The number of carboxylic acids is 1. The van der Waals surface area contributed by atoms with Crippen LogP contribution in [0.15, 0.2) is 42.5 Å². The number of aliphatic carboxylic acids is 1. The Balaban J connectivity index is 1.57. The van der Waals surface area contributed by atoms with Crippen LogP contribution in [0.4, 0.5) is 0 Å². The van der Waals surface area contributed by atoms with Crippen molar-refractivity contribution in [1.29, 1.82) is 0 Å². The number of nitrogens with one attached hydrogen (secondary N) is 1. The molecular formula is C20H22ClNO4. The van der Waals surface area contributed by atoms with Gasteiger partial charge < -0.3 is 20.3 Å². The molecule has 1 aliphatic rings. The van der Waals surface area contributed by atoms with Crippen molar-refractivity contribution in [3.8, 4) is 5.75 Å². The zero-order valence-electron chi connectivity index (χ0n) is 14.3. The van der Waals surface area contributed by atoms with E-state index in [1.165, 1.54) is 5.56 Å². The van der Waals surface area contributed by atoms with Gasteiger partial charge in [0.25, 0.3) is 0 Å². The molecule has 0 saturated carbocycles. The molecule has 0 heterocycles. The van der Waals surface area contributed by atoms with Crippen LogP contribution in [0.3, 0.4) is 0 Å². The third-order valence-corrected chi connectivity index (χ3v) is 4.84. The number of fused-ring (bicyclic) bond motifs is 1. The molecule has 0 saturated heterocycles. The molecule has 2 atom stereocenters. The van der Waals surface area contributed by atoms with Crippen LogP contribution in [0.1, 0.15) is 29.2 Å². The van der Waals surface area contributed by atoms with E-state index in [0.717, 1.165) is 30.4 Å². The van der Waals surface area contributed by atoms with Gasteiger partial charge in [0.1, 0.15) is 5.75 Å². The number of hydrogen-bond donors (Lipinski definition) is 3. The summed E-state index contributed by atoms with van der Waals surface area (Å²) in [6.45, 7) is 0.113. The van der Waals surface area contributed by atoms with Crippen LogP contribution in [0.5, 0.6) is 5.75 Å². The standard InChI is InChI=1S/C20H22ClNO4/c21-16-3-1-2-14(8-16)19(23)11-22-17-6-4-13-5-7-18(10-15(13)9-17)26-12-20(24)25/h1-3,5,7-8,10,17,19,22-23H,4,6,9,11-12H2,(H,24,25)/t17?,19-/m1/s1. The van der Waals surface area contributed by atoms with Crippen LogP contribution in [0, 0.1) is 0 Å². The van der Waals surface area contributed by atoms with Crippen LogP contribution >= 0.6 is 11.6 Å². The summed E-state index contributed by atoms with van der Waals surface area (Å²) in [4.78, 5) is 10.6. The number of halogens is 1. The Labute approximate surface area is 157 Å².